The highest BCUT2D eigenvalue weighted by Gasteiger charge is 2.14. The molecule has 3 heterocycles. The van der Waals surface area contributed by atoms with Crippen molar-refractivity contribution in [3.8, 4) is 0 Å². The standard InChI is InChI=1S/C17H16ClFN6O/c1-9(3-2-4-10-5-12(18)14(20)21-7-10)23-17(26)16-24-13-6-11(19)8-22-15(13)25-16/h2,4-9H,3H2,1H3,(H2,20,21)(H,23,26)(H,22,24,25)/b4-2+/t9-/m0/s1. The van der Waals surface area contributed by atoms with Gasteiger partial charge in [-0.05, 0) is 25.0 Å². The predicted octanol–water partition coefficient (Wildman–Crippen LogP) is 2.95. The van der Waals surface area contributed by atoms with E-state index in [1.54, 1.807) is 12.3 Å². The number of nitrogen functional groups attached to an aromatic ring is 1. The van der Waals surface area contributed by atoms with Gasteiger partial charge in [0.05, 0.1) is 16.7 Å². The molecule has 0 aliphatic heterocycles. The lowest BCUT2D eigenvalue weighted by Gasteiger charge is -2.10. The van der Waals surface area contributed by atoms with Crippen LogP contribution in [-0.2, 0) is 0 Å². The number of imidazole rings is 1. The minimum absolute atomic E-state index is 0.0865. The topological polar surface area (TPSA) is 110 Å². The number of nitrogens with zero attached hydrogens (tertiary/aromatic N) is 3. The number of fused-ring (bicyclic) bond motifs is 1. The lowest BCUT2D eigenvalue weighted by atomic mass is 10.2. The third-order valence-corrected chi connectivity index (χ3v) is 3.89. The average molecular weight is 375 g/mol. The second kappa shape index (κ2) is 7.49. The van der Waals surface area contributed by atoms with Gasteiger partial charge in [0.2, 0.25) is 0 Å². The summed E-state index contributed by atoms with van der Waals surface area (Å²) < 4.78 is 13.1. The van der Waals surface area contributed by atoms with Crippen molar-refractivity contribution in [2.75, 3.05) is 5.73 Å². The Bertz CT molecular complexity index is 987. The zero-order valence-corrected chi connectivity index (χ0v) is 14.6. The zero-order valence-electron chi connectivity index (χ0n) is 13.8. The molecule has 4 N–H and O–H groups in total. The van der Waals surface area contributed by atoms with Crippen molar-refractivity contribution in [1.29, 1.82) is 0 Å². The van der Waals surface area contributed by atoms with Crippen molar-refractivity contribution < 1.29 is 9.18 Å². The molecule has 26 heavy (non-hydrogen) atoms. The number of hydrogen-bond donors (Lipinski definition) is 3. The van der Waals surface area contributed by atoms with Crippen LogP contribution >= 0.6 is 11.6 Å². The van der Waals surface area contributed by atoms with Crippen molar-refractivity contribution >= 4 is 40.6 Å². The fourth-order valence-electron chi connectivity index (χ4n) is 2.30. The van der Waals surface area contributed by atoms with Gasteiger partial charge in [-0.25, -0.2) is 19.3 Å². The number of amides is 1. The molecule has 0 fully saturated rings. The average Bonchev–Trinajstić information content (AvgIpc) is 3.01. The molecule has 0 unspecified atom stereocenters. The SMILES string of the molecule is C[C@@H](C/C=C/c1cnc(N)c(Cl)c1)NC(=O)c1nc2ncc(F)cc2[nH]1. The van der Waals surface area contributed by atoms with E-state index in [9.17, 15) is 9.18 Å². The highest BCUT2D eigenvalue weighted by atomic mass is 35.5. The van der Waals surface area contributed by atoms with Gasteiger partial charge in [0.1, 0.15) is 11.6 Å². The van der Waals surface area contributed by atoms with Crippen molar-refractivity contribution in [1.82, 2.24) is 25.3 Å². The van der Waals surface area contributed by atoms with Gasteiger partial charge in [-0.15, -0.1) is 0 Å². The van der Waals surface area contributed by atoms with E-state index in [1.165, 1.54) is 6.07 Å². The number of aromatic amines is 1. The number of anilines is 1. The molecule has 0 saturated heterocycles. The van der Waals surface area contributed by atoms with E-state index in [0.717, 1.165) is 11.8 Å². The van der Waals surface area contributed by atoms with Gasteiger partial charge in [-0.3, -0.25) is 4.79 Å². The number of carbonyl (C=O) groups is 1. The summed E-state index contributed by atoms with van der Waals surface area (Å²) in [5.74, 6) is -0.515. The van der Waals surface area contributed by atoms with Gasteiger partial charge in [-0.1, -0.05) is 23.8 Å². The zero-order chi connectivity index (χ0) is 18.7. The van der Waals surface area contributed by atoms with Crippen LogP contribution in [0, 0.1) is 5.82 Å². The molecule has 0 bridgehead atoms. The van der Waals surface area contributed by atoms with Gasteiger partial charge in [-0.2, -0.15) is 0 Å². The molecule has 7 nitrogen and oxygen atoms in total. The Morgan fingerprint density at radius 2 is 2.23 bits per heavy atom. The molecule has 0 aromatic carbocycles. The second-order valence-corrected chi connectivity index (χ2v) is 6.17. The lowest BCUT2D eigenvalue weighted by molar-refractivity contribution is 0.0931. The molecule has 0 radical (unpaired) electrons. The summed E-state index contributed by atoms with van der Waals surface area (Å²) in [4.78, 5) is 26.8. The molecule has 1 atom stereocenters. The Morgan fingerprint density at radius 1 is 1.42 bits per heavy atom. The highest BCUT2D eigenvalue weighted by molar-refractivity contribution is 6.32. The van der Waals surface area contributed by atoms with E-state index in [4.69, 9.17) is 17.3 Å². The molecule has 134 valence electrons. The molecule has 0 spiro atoms. The van der Waals surface area contributed by atoms with Crippen molar-refractivity contribution in [3.05, 3.63) is 52.8 Å². The lowest BCUT2D eigenvalue weighted by Crippen LogP contribution is -2.32. The summed E-state index contributed by atoms with van der Waals surface area (Å²) in [6.45, 7) is 1.86. The van der Waals surface area contributed by atoms with Crippen LogP contribution in [0.25, 0.3) is 17.2 Å². The Morgan fingerprint density at radius 3 is 3.00 bits per heavy atom. The summed E-state index contributed by atoms with van der Waals surface area (Å²) in [5, 5.41) is 3.20. The molecule has 9 heteroatoms. The van der Waals surface area contributed by atoms with Gasteiger partial charge < -0.3 is 16.0 Å². The first kappa shape index (κ1) is 17.8. The first-order chi connectivity index (χ1) is 12.4. The Hall–Kier alpha value is -3.00. The maximum absolute atomic E-state index is 13.1. The molecule has 1 amide bonds. The fraction of sp³-hybridized carbons (Fsp3) is 0.176. The smallest absolute Gasteiger partial charge is 0.287 e. The third kappa shape index (κ3) is 4.15. The number of halogens is 2. The van der Waals surface area contributed by atoms with Gasteiger partial charge in [0, 0.05) is 18.3 Å². The maximum Gasteiger partial charge on any atom is 0.287 e. The number of hydrogen-bond acceptors (Lipinski definition) is 5. The Kier molecular flexibility index (Phi) is 5.13. The quantitative estimate of drug-likeness (QED) is 0.636. The van der Waals surface area contributed by atoms with Gasteiger partial charge in [0.25, 0.3) is 5.91 Å². The van der Waals surface area contributed by atoms with Gasteiger partial charge >= 0.3 is 0 Å². The number of nitrogens with two attached hydrogens (primary N) is 1. The van der Waals surface area contributed by atoms with Crippen LogP contribution in [0.1, 0.15) is 29.5 Å². The van der Waals surface area contributed by atoms with Crippen LogP contribution in [0.4, 0.5) is 10.2 Å². The highest BCUT2D eigenvalue weighted by Crippen LogP contribution is 2.17. The number of carbonyl (C=O) groups excluding carboxylic acids is 1. The largest absolute Gasteiger partial charge is 0.382 e. The van der Waals surface area contributed by atoms with Crippen LogP contribution in [0.15, 0.2) is 30.6 Å². The van der Waals surface area contributed by atoms with E-state index >= 15 is 0 Å². The molecule has 3 rings (SSSR count). The van der Waals surface area contributed by atoms with Crippen LogP contribution in [0.3, 0.4) is 0 Å². The number of rotatable bonds is 5. The first-order valence-electron chi connectivity index (χ1n) is 7.82. The molecule has 3 aromatic rings. The van der Waals surface area contributed by atoms with Crippen LogP contribution < -0.4 is 11.1 Å². The predicted molar refractivity (Wildman–Crippen MR) is 98.1 cm³/mol. The summed E-state index contributed by atoms with van der Waals surface area (Å²) in [6.07, 6.45) is 6.98. The molecular formula is C17H16ClFN6O. The van der Waals surface area contributed by atoms with E-state index in [2.05, 4.69) is 25.3 Å². The number of H-pyrrole nitrogens is 1. The minimum atomic E-state index is -0.496. The summed E-state index contributed by atoms with van der Waals surface area (Å²) in [5.41, 5.74) is 7.04. The summed E-state index contributed by atoms with van der Waals surface area (Å²) in [6, 6.07) is 2.81. The Labute approximate surface area is 153 Å². The number of pyridine rings is 2. The van der Waals surface area contributed by atoms with E-state index in [-0.39, 0.29) is 29.2 Å². The number of aromatic nitrogens is 4. The van der Waals surface area contributed by atoms with Crippen LogP contribution in [0.2, 0.25) is 5.02 Å². The monoisotopic (exact) mass is 374 g/mol. The third-order valence-electron chi connectivity index (χ3n) is 3.59. The first-order valence-corrected chi connectivity index (χ1v) is 8.20. The van der Waals surface area contributed by atoms with Gasteiger partial charge in [0.15, 0.2) is 11.5 Å². The van der Waals surface area contributed by atoms with Crippen molar-refractivity contribution in [2.45, 2.75) is 19.4 Å². The Balaban J connectivity index is 1.59. The molecule has 3 aromatic heterocycles. The summed E-state index contributed by atoms with van der Waals surface area (Å²) >= 11 is 5.92. The maximum atomic E-state index is 13.1. The van der Waals surface area contributed by atoms with Crippen LogP contribution in [0.5, 0.6) is 0 Å². The summed E-state index contributed by atoms with van der Waals surface area (Å²) in [7, 11) is 0. The normalized spacial score (nSPS) is 12.6. The molecule has 0 aliphatic rings. The number of nitrogens with one attached hydrogen (secondary N) is 2. The molecule has 0 saturated carbocycles. The van der Waals surface area contributed by atoms with Crippen molar-refractivity contribution in [2.24, 2.45) is 0 Å². The minimum Gasteiger partial charge on any atom is -0.382 e. The van der Waals surface area contributed by atoms with E-state index in [1.807, 2.05) is 19.1 Å². The van der Waals surface area contributed by atoms with Crippen LogP contribution in [-0.4, -0.2) is 31.9 Å². The fourth-order valence-corrected chi connectivity index (χ4v) is 2.47. The second-order valence-electron chi connectivity index (χ2n) is 5.76. The van der Waals surface area contributed by atoms with E-state index < -0.39 is 5.82 Å². The van der Waals surface area contributed by atoms with Crippen molar-refractivity contribution in [3.63, 3.8) is 0 Å². The molecule has 0 aliphatic carbocycles. The van der Waals surface area contributed by atoms with E-state index in [0.29, 0.717) is 17.0 Å². The molecular weight excluding hydrogens is 359 g/mol.